The molecule has 0 saturated carbocycles. The van der Waals surface area contributed by atoms with Crippen molar-refractivity contribution in [2.75, 3.05) is 20.1 Å². The average molecular weight is 286 g/mol. The molecule has 1 saturated heterocycles. The van der Waals surface area contributed by atoms with Crippen LogP contribution >= 0.6 is 0 Å². The highest BCUT2D eigenvalue weighted by Crippen LogP contribution is 2.29. The molecule has 4 nitrogen and oxygen atoms in total. The van der Waals surface area contributed by atoms with E-state index in [-0.39, 0.29) is 10.9 Å². The first-order valence-corrected chi connectivity index (χ1v) is 7.84. The van der Waals surface area contributed by atoms with E-state index in [0.29, 0.717) is 18.7 Å². The molecule has 0 radical (unpaired) electrons. The smallest absolute Gasteiger partial charge is 0.246 e. The number of hydrogen-bond donors (Lipinski definition) is 1. The van der Waals surface area contributed by atoms with E-state index in [2.05, 4.69) is 5.32 Å². The average Bonchev–Trinajstić information content (AvgIpc) is 2.78. The van der Waals surface area contributed by atoms with E-state index in [9.17, 15) is 12.8 Å². The number of halogens is 1. The highest BCUT2D eigenvalue weighted by Gasteiger charge is 2.36. The third kappa shape index (κ3) is 2.66. The van der Waals surface area contributed by atoms with E-state index in [0.717, 1.165) is 12.8 Å². The molecule has 1 atom stereocenters. The standard InChI is InChI=1S/C13H19FN2O2S/c1-10-5-3-7-12(14)13(10)19(17,18)16-8-4-6-11(16)9-15-2/h3,5,7,11,15H,4,6,8-9H2,1-2H3. The van der Waals surface area contributed by atoms with Gasteiger partial charge in [0.25, 0.3) is 0 Å². The predicted octanol–water partition coefficient (Wildman–Crippen LogP) is 1.51. The number of hydrogen-bond acceptors (Lipinski definition) is 3. The summed E-state index contributed by atoms with van der Waals surface area (Å²) in [5, 5.41) is 2.99. The lowest BCUT2D eigenvalue weighted by Gasteiger charge is -2.24. The van der Waals surface area contributed by atoms with Gasteiger partial charge in [0.15, 0.2) is 0 Å². The number of nitrogens with zero attached hydrogens (tertiary/aromatic N) is 1. The van der Waals surface area contributed by atoms with Crippen LogP contribution in [0.5, 0.6) is 0 Å². The van der Waals surface area contributed by atoms with Crippen molar-refractivity contribution < 1.29 is 12.8 Å². The molecule has 0 aliphatic carbocycles. The summed E-state index contributed by atoms with van der Waals surface area (Å²) < 4.78 is 40.6. The minimum absolute atomic E-state index is 0.0889. The monoisotopic (exact) mass is 286 g/mol. The zero-order valence-corrected chi connectivity index (χ0v) is 12.0. The molecule has 0 bridgehead atoms. The van der Waals surface area contributed by atoms with E-state index < -0.39 is 15.8 Å². The molecule has 106 valence electrons. The second kappa shape index (κ2) is 5.56. The maximum Gasteiger partial charge on any atom is 0.246 e. The van der Waals surface area contributed by atoms with Gasteiger partial charge in [0, 0.05) is 19.1 Å². The van der Waals surface area contributed by atoms with Crippen molar-refractivity contribution in [2.24, 2.45) is 0 Å². The van der Waals surface area contributed by atoms with Gasteiger partial charge in [0.05, 0.1) is 0 Å². The molecule has 1 unspecified atom stereocenters. The zero-order valence-electron chi connectivity index (χ0n) is 11.2. The molecule has 19 heavy (non-hydrogen) atoms. The molecule has 1 aromatic rings. The van der Waals surface area contributed by atoms with Gasteiger partial charge in [-0.15, -0.1) is 0 Å². The lowest BCUT2D eigenvalue weighted by atomic mass is 10.2. The van der Waals surface area contributed by atoms with E-state index in [1.165, 1.54) is 16.4 Å². The maximum atomic E-state index is 13.9. The fraction of sp³-hybridized carbons (Fsp3) is 0.538. The molecule has 2 rings (SSSR count). The SMILES string of the molecule is CNCC1CCCN1S(=O)(=O)c1c(C)cccc1F. The van der Waals surface area contributed by atoms with Crippen LogP contribution in [0.15, 0.2) is 23.1 Å². The first-order chi connectivity index (χ1) is 8.98. The Balaban J connectivity index is 2.42. The van der Waals surface area contributed by atoms with Gasteiger partial charge in [0.2, 0.25) is 10.0 Å². The van der Waals surface area contributed by atoms with E-state index in [4.69, 9.17) is 0 Å². The lowest BCUT2D eigenvalue weighted by molar-refractivity contribution is 0.376. The van der Waals surface area contributed by atoms with Crippen LogP contribution in [0.4, 0.5) is 4.39 Å². The van der Waals surface area contributed by atoms with Gasteiger partial charge < -0.3 is 5.32 Å². The summed E-state index contributed by atoms with van der Waals surface area (Å²) in [7, 11) is -1.96. The predicted molar refractivity (Wildman–Crippen MR) is 72.0 cm³/mol. The second-order valence-electron chi connectivity index (χ2n) is 4.86. The molecule has 0 amide bonds. The minimum Gasteiger partial charge on any atom is -0.318 e. The van der Waals surface area contributed by atoms with Crippen molar-refractivity contribution in [3.63, 3.8) is 0 Å². The number of sulfonamides is 1. The van der Waals surface area contributed by atoms with Gasteiger partial charge in [-0.1, -0.05) is 12.1 Å². The third-order valence-electron chi connectivity index (χ3n) is 3.49. The van der Waals surface area contributed by atoms with Crippen molar-refractivity contribution in [2.45, 2.75) is 30.7 Å². The fourth-order valence-electron chi connectivity index (χ4n) is 2.63. The Morgan fingerprint density at radius 3 is 2.84 bits per heavy atom. The highest BCUT2D eigenvalue weighted by molar-refractivity contribution is 7.89. The Bertz CT molecular complexity index is 540. The van der Waals surface area contributed by atoms with E-state index >= 15 is 0 Å². The van der Waals surface area contributed by atoms with Gasteiger partial charge >= 0.3 is 0 Å². The highest BCUT2D eigenvalue weighted by atomic mass is 32.2. The van der Waals surface area contributed by atoms with Gasteiger partial charge in [0.1, 0.15) is 10.7 Å². The maximum absolute atomic E-state index is 13.9. The molecule has 6 heteroatoms. The minimum atomic E-state index is -3.75. The first kappa shape index (κ1) is 14.4. The Kier molecular flexibility index (Phi) is 4.23. The molecule has 1 aliphatic rings. The summed E-state index contributed by atoms with van der Waals surface area (Å²) in [6.45, 7) is 2.67. The summed E-state index contributed by atoms with van der Waals surface area (Å²) in [6, 6.07) is 4.26. The topological polar surface area (TPSA) is 49.4 Å². The number of aryl methyl sites for hydroxylation is 1. The Labute approximate surface area is 113 Å². The van der Waals surface area contributed by atoms with Gasteiger partial charge in [-0.3, -0.25) is 0 Å². The summed E-state index contributed by atoms with van der Waals surface area (Å²) in [4.78, 5) is -0.182. The van der Waals surface area contributed by atoms with Crippen molar-refractivity contribution >= 4 is 10.0 Å². The van der Waals surface area contributed by atoms with Gasteiger partial charge in [-0.05, 0) is 38.4 Å². The zero-order chi connectivity index (χ0) is 14.0. The molecule has 1 aliphatic heterocycles. The summed E-state index contributed by atoms with van der Waals surface area (Å²) in [5.74, 6) is -0.671. The van der Waals surface area contributed by atoms with Crippen LogP contribution in [0.2, 0.25) is 0 Å². The largest absolute Gasteiger partial charge is 0.318 e. The van der Waals surface area contributed by atoms with Crippen molar-refractivity contribution in [1.82, 2.24) is 9.62 Å². The summed E-state index contributed by atoms with van der Waals surface area (Å²) in [6.07, 6.45) is 1.63. The van der Waals surface area contributed by atoms with Crippen LogP contribution in [0.3, 0.4) is 0 Å². The quantitative estimate of drug-likeness (QED) is 0.912. The lowest BCUT2D eigenvalue weighted by Crippen LogP contribution is -2.41. The summed E-state index contributed by atoms with van der Waals surface area (Å²) >= 11 is 0. The van der Waals surface area contributed by atoms with E-state index in [1.807, 2.05) is 0 Å². The third-order valence-corrected chi connectivity index (χ3v) is 5.62. The summed E-state index contributed by atoms with van der Waals surface area (Å²) in [5.41, 5.74) is 0.454. The Hall–Kier alpha value is -0.980. The Morgan fingerprint density at radius 2 is 2.21 bits per heavy atom. The van der Waals surface area contributed by atoms with Crippen LogP contribution in [0.25, 0.3) is 0 Å². The number of rotatable bonds is 4. The molecule has 1 aromatic carbocycles. The fourth-order valence-corrected chi connectivity index (χ4v) is 4.59. The van der Waals surface area contributed by atoms with E-state index in [1.54, 1.807) is 20.0 Å². The van der Waals surface area contributed by atoms with Gasteiger partial charge in [-0.25, -0.2) is 12.8 Å². The van der Waals surface area contributed by atoms with Crippen LogP contribution in [-0.4, -0.2) is 38.9 Å². The molecule has 0 spiro atoms. The number of likely N-dealkylation sites (N-methyl/N-ethyl adjacent to an activating group) is 1. The number of nitrogens with one attached hydrogen (secondary N) is 1. The van der Waals surface area contributed by atoms with Crippen LogP contribution < -0.4 is 5.32 Å². The van der Waals surface area contributed by atoms with Crippen LogP contribution in [0, 0.1) is 12.7 Å². The molecular formula is C13H19FN2O2S. The Morgan fingerprint density at radius 1 is 1.47 bits per heavy atom. The molecule has 1 fully saturated rings. The normalized spacial score (nSPS) is 20.9. The number of benzene rings is 1. The van der Waals surface area contributed by atoms with Crippen LogP contribution in [-0.2, 0) is 10.0 Å². The molecular weight excluding hydrogens is 267 g/mol. The second-order valence-corrected chi connectivity index (χ2v) is 6.68. The first-order valence-electron chi connectivity index (χ1n) is 6.40. The van der Waals surface area contributed by atoms with Crippen molar-refractivity contribution in [1.29, 1.82) is 0 Å². The van der Waals surface area contributed by atoms with Crippen molar-refractivity contribution in [3.05, 3.63) is 29.6 Å². The molecule has 1 heterocycles. The van der Waals surface area contributed by atoms with Crippen molar-refractivity contribution in [3.8, 4) is 0 Å². The molecule has 1 N–H and O–H groups in total. The van der Waals surface area contributed by atoms with Gasteiger partial charge in [-0.2, -0.15) is 4.31 Å². The van der Waals surface area contributed by atoms with Crippen LogP contribution in [0.1, 0.15) is 18.4 Å². The molecule has 0 aromatic heterocycles.